The molecular weight excluding hydrogens is 265 g/mol. The van der Waals surface area contributed by atoms with Crippen LogP contribution in [-0.4, -0.2) is 5.11 Å². The van der Waals surface area contributed by atoms with Gasteiger partial charge in [0.1, 0.15) is 0 Å². The Kier molecular flexibility index (Phi) is 3.06. The van der Waals surface area contributed by atoms with E-state index in [0.717, 1.165) is 14.7 Å². The Morgan fingerprint density at radius 2 is 2.25 bits per heavy atom. The average Bonchev–Trinajstić information content (AvgIpc) is 2.09. The van der Waals surface area contributed by atoms with Crippen molar-refractivity contribution in [3.05, 3.63) is 38.2 Å². The fourth-order valence-electron chi connectivity index (χ4n) is 1.00. The number of nitrogens with zero attached hydrogens (tertiary/aromatic N) is 1. The molecule has 12 heavy (non-hydrogen) atoms. The summed E-state index contributed by atoms with van der Waals surface area (Å²) in [5.74, 6) is 0. The third-order valence-electron chi connectivity index (χ3n) is 1.61. The molecule has 62 valence electrons. The predicted octanol–water partition coefficient (Wildman–Crippen LogP) is 2.64. The molecule has 0 spiro atoms. The number of aliphatic hydroxyl groups excluding tert-OH is 1. The maximum absolute atomic E-state index is 8.96. The Morgan fingerprint density at radius 3 is 2.75 bits per heavy atom. The molecule has 1 aromatic carbocycles. The van der Waals surface area contributed by atoms with E-state index in [0.29, 0.717) is 5.69 Å². The van der Waals surface area contributed by atoms with Gasteiger partial charge in [-0.1, -0.05) is 6.07 Å². The summed E-state index contributed by atoms with van der Waals surface area (Å²) in [5.41, 5.74) is 2.48. The SMILES string of the molecule is [C-]#[N+]c1cc(C)c(I)c(CO)c1. The summed E-state index contributed by atoms with van der Waals surface area (Å²) in [6.07, 6.45) is 0. The highest BCUT2D eigenvalue weighted by Crippen LogP contribution is 2.23. The Morgan fingerprint density at radius 1 is 1.58 bits per heavy atom. The monoisotopic (exact) mass is 273 g/mol. The van der Waals surface area contributed by atoms with Crippen molar-refractivity contribution in [1.29, 1.82) is 0 Å². The third-order valence-corrected chi connectivity index (χ3v) is 3.16. The number of hydrogen-bond acceptors (Lipinski definition) is 1. The van der Waals surface area contributed by atoms with Crippen LogP contribution in [0.2, 0.25) is 0 Å². The lowest BCUT2D eigenvalue weighted by Crippen LogP contribution is -1.90. The van der Waals surface area contributed by atoms with Gasteiger partial charge < -0.3 is 5.11 Å². The predicted molar refractivity (Wildman–Crippen MR) is 56.1 cm³/mol. The molecule has 0 unspecified atom stereocenters. The smallest absolute Gasteiger partial charge is 0.187 e. The Bertz CT molecular complexity index is 341. The van der Waals surface area contributed by atoms with Gasteiger partial charge in [-0.3, -0.25) is 0 Å². The molecule has 0 aromatic heterocycles. The second-order valence-electron chi connectivity index (χ2n) is 2.51. The number of rotatable bonds is 1. The van der Waals surface area contributed by atoms with Crippen LogP contribution in [0.25, 0.3) is 4.85 Å². The Balaban J connectivity index is 3.31. The largest absolute Gasteiger partial charge is 0.392 e. The summed E-state index contributed by atoms with van der Waals surface area (Å²) in [7, 11) is 0. The first-order valence-electron chi connectivity index (χ1n) is 3.46. The highest BCUT2D eigenvalue weighted by Gasteiger charge is 2.03. The quantitative estimate of drug-likeness (QED) is 0.617. The van der Waals surface area contributed by atoms with E-state index in [1.54, 1.807) is 6.07 Å². The molecule has 0 heterocycles. The lowest BCUT2D eigenvalue weighted by molar-refractivity contribution is 0.281. The van der Waals surface area contributed by atoms with Gasteiger partial charge in [-0.25, -0.2) is 4.85 Å². The van der Waals surface area contributed by atoms with Gasteiger partial charge >= 0.3 is 0 Å². The number of hydrogen-bond donors (Lipinski definition) is 1. The molecule has 0 saturated carbocycles. The second-order valence-corrected chi connectivity index (χ2v) is 3.58. The Hall–Kier alpha value is -0.600. The molecule has 0 atom stereocenters. The van der Waals surface area contributed by atoms with Gasteiger partial charge in [-0.05, 0) is 46.7 Å². The molecule has 1 rings (SSSR count). The molecule has 0 fully saturated rings. The molecule has 0 radical (unpaired) electrons. The number of aryl methyl sites for hydroxylation is 1. The van der Waals surface area contributed by atoms with E-state index in [2.05, 4.69) is 27.4 Å². The van der Waals surface area contributed by atoms with Crippen LogP contribution < -0.4 is 0 Å². The van der Waals surface area contributed by atoms with E-state index in [9.17, 15) is 0 Å². The van der Waals surface area contributed by atoms with Crippen molar-refractivity contribution in [2.24, 2.45) is 0 Å². The van der Waals surface area contributed by atoms with Crippen LogP contribution in [0.1, 0.15) is 11.1 Å². The maximum Gasteiger partial charge on any atom is 0.187 e. The zero-order chi connectivity index (χ0) is 9.14. The zero-order valence-corrected chi connectivity index (χ0v) is 8.79. The average molecular weight is 273 g/mol. The van der Waals surface area contributed by atoms with E-state index >= 15 is 0 Å². The highest BCUT2D eigenvalue weighted by molar-refractivity contribution is 14.1. The van der Waals surface area contributed by atoms with Crippen molar-refractivity contribution in [3.8, 4) is 0 Å². The summed E-state index contributed by atoms with van der Waals surface area (Å²) in [5, 5.41) is 8.96. The molecule has 1 N–H and O–H groups in total. The maximum atomic E-state index is 8.96. The van der Waals surface area contributed by atoms with Crippen molar-refractivity contribution in [3.63, 3.8) is 0 Å². The fourth-order valence-corrected chi connectivity index (χ4v) is 1.48. The summed E-state index contributed by atoms with van der Waals surface area (Å²) in [6, 6.07) is 3.55. The number of benzene rings is 1. The van der Waals surface area contributed by atoms with Crippen LogP contribution in [0, 0.1) is 17.1 Å². The van der Waals surface area contributed by atoms with E-state index < -0.39 is 0 Å². The lowest BCUT2D eigenvalue weighted by atomic mass is 10.1. The zero-order valence-electron chi connectivity index (χ0n) is 6.63. The minimum atomic E-state index is 0.00245. The molecule has 0 aliphatic carbocycles. The van der Waals surface area contributed by atoms with Gasteiger partial charge in [-0.2, -0.15) is 0 Å². The molecule has 3 heteroatoms. The molecular formula is C9H8INO. The Labute approximate surface area is 85.2 Å². The highest BCUT2D eigenvalue weighted by atomic mass is 127. The van der Waals surface area contributed by atoms with Crippen molar-refractivity contribution in [1.82, 2.24) is 0 Å². The topological polar surface area (TPSA) is 24.6 Å². The van der Waals surface area contributed by atoms with Gasteiger partial charge in [0, 0.05) is 3.57 Å². The number of aliphatic hydroxyl groups is 1. The summed E-state index contributed by atoms with van der Waals surface area (Å²) in [6.45, 7) is 8.77. The molecule has 0 bridgehead atoms. The summed E-state index contributed by atoms with van der Waals surface area (Å²) in [4.78, 5) is 3.32. The van der Waals surface area contributed by atoms with E-state index in [1.807, 2.05) is 13.0 Å². The van der Waals surface area contributed by atoms with Gasteiger partial charge in [0.05, 0.1) is 13.2 Å². The molecule has 0 aliphatic heterocycles. The van der Waals surface area contributed by atoms with Gasteiger partial charge in [0.25, 0.3) is 0 Å². The van der Waals surface area contributed by atoms with E-state index in [4.69, 9.17) is 11.7 Å². The molecule has 0 saturated heterocycles. The van der Waals surface area contributed by atoms with Crippen molar-refractivity contribution in [2.45, 2.75) is 13.5 Å². The van der Waals surface area contributed by atoms with Gasteiger partial charge in [-0.15, -0.1) is 0 Å². The molecule has 0 amide bonds. The van der Waals surface area contributed by atoms with E-state index in [1.165, 1.54) is 0 Å². The van der Waals surface area contributed by atoms with Crippen molar-refractivity contribution < 1.29 is 5.11 Å². The van der Waals surface area contributed by atoms with Gasteiger partial charge in [0.2, 0.25) is 0 Å². The van der Waals surface area contributed by atoms with Crippen molar-refractivity contribution in [2.75, 3.05) is 0 Å². The first-order valence-corrected chi connectivity index (χ1v) is 4.54. The summed E-state index contributed by atoms with van der Waals surface area (Å²) >= 11 is 2.18. The van der Waals surface area contributed by atoms with Gasteiger partial charge in [0.15, 0.2) is 5.69 Å². The molecule has 0 aliphatic rings. The standard InChI is InChI=1S/C9H8INO/c1-6-3-8(11-2)4-7(5-12)9(6)10/h3-4,12H,5H2,1H3. The van der Waals surface area contributed by atoms with Crippen LogP contribution in [0.5, 0.6) is 0 Å². The second kappa shape index (κ2) is 3.87. The number of halogens is 1. The van der Waals surface area contributed by atoms with Crippen molar-refractivity contribution >= 4 is 28.3 Å². The molecule has 1 aromatic rings. The van der Waals surface area contributed by atoms with Crippen LogP contribution in [0.3, 0.4) is 0 Å². The first kappa shape index (κ1) is 9.49. The van der Waals surface area contributed by atoms with Crippen LogP contribution in [0.15, 0.2) is 12.1 Å². The summed E-state index contributed by atoms with van der Waals surface area (Å²) < 4.78 is 1.04. The fraction of sp³-hybridized carbons (Fsp3) is 0.222. The molecule has 2 nitrogen and oxygen atoms in total. The normalized spacial score (nSPS) is 9.50. The van der Waals surface area contributed by atoms with Crippen LogP contribution in [0.4, 0.5) is 5.69 Å². The lowest BCUT2D eigenvalue weighted by Gasteiger charge is -2.04. The van der Waals surface area contributed by atoms with Crippen LogP contribution in [-0.2, 0) is 6.61 Å². The van der Waals surface area contributed by atoms with Crippen LogP contribution >= 0.6 is 22.6 Å². The first-order chi connectivity index (χ1) is 5.69. The van der Waals surface area contributed by atoms with E-state index in [-0.39, 0.29) is 6.61 Å². The minimum absolute atomic E-state index is 0.00245. The third kappa shape index (κ3) is 1.76. The minimum Gasteiger partial charge on any atom is -0.392 e.